The first kappa shape index (κ1) is 27.9. The van der Waals surface area contributed by atoms with E-state index in [1.54, 1.807) is 18.5 Å². The minimum absolute atomic E-state index is 0.00781. The van der Waals surface area contributed by atoms with Crippen molar-refractivity contribution in [1.82, 2.24) is 19.8 Å². The Hall–Kier alpha value is -3.08. The van der Waals surface area contributed by atoms with Gasteiger partial charge in [-0.2, -0.15) is 13.2 Å². The van der Waals surface area contributed by atoms with Crippen molar-refractivity contribution in [3.63, 3.8) is 0 Å². The first-order valence-electron chi connectivity index (χ1n) is 12.6. The fourth-order valence-corrected chi connectivity index (χ4v) is 5.35. The molecule has 206 valence electrons. The summed E-state index contributed by atoms with van der Waals surface area (Å²) in [7, 11) is 1.60. The van der Waals surface area contributed by atoms with Gasteiger partial charge in [-0.15, -0.1) is 0 Å². The summed E-state index contributed by atoms with van der Waals surface area (Å²) in [5, 5.41) is 5.37. The number of carbonyl (C=O) groups is 2. The Morgan fingerprint density at radius 3 is 2.53 bits per heavy atom. The number of rotatable bonds is 6. The molecule has 1 aromatic carbocycles. The summed E-state index contributed by atoms with van der Waals surface area (Å²) in [4.78, 5) is 44.9. The van der Waals surface area contributed by atoms with E-state index in [1.165, 1.54) is 11.0 Å². The molecule has 2 amide bonds. The number of anilines is 1. The number of hydrogen-bond acceptors (Lipinski definition) is 5. The van der Waals surface area contributed by atoms with Crippen molar-refractivity contribution in [2.75, 3.05) is 12.4 Å². The van der Waals surface area contributed by atoms with Crippen LogP contribution in [0.15, 0.2) is 23.0 Å². The smallest absolute Gasteiger partial charge is 0.359 e. The van der Waals surface area contributed by atoms with E-state index in [2.05, 4.69) is 10.6 Å². The van der Waals surface area contributed by atoms with Crippen LogP contribution in [-0.4, -0.2) is 45.4 Å². The van der Waals surface area contributed by atoms with Gasteiger partial charge in [-0.25, -0.2) is 4.98 Å². The number of aromatic nitrogens is 2. The molecular formula is C26H31ClF3N5O3. The molecule has 1 aromatic heterocycles. The normalized spacial score (nSPS) is 21.1. The topological polar surface area (TPSA) is 96.3 Å². The van der Waals surface area contributed by atoms with Crippen molar-refractivity contribution >= 4 is 29.4 Å². The number of nitrogens with one attached hydrogen (secondary N) is 2. The van der Waals surface area contributed by atoms with Gasteiger partial charge in [0.1, 0.15) is 0 Å². The van der Waals surface area contributed by atoms with Crippen LogP contribution in [0.1, 0.15) is 73.3 Å². The van der Waals surface area contributed by atoms with E-state index < -0.39 is 28.7 Å². The molecule has 8 nitrogen and oxygen atoms in total. The lowest BCUT2D eigenvalue weighted by atomic mass is 9.77. The van der Waals surface area contributed by atoms with E-state index in [0.717, 1.165) is 12.1 Å². The van der Waals surface area contributed by atoms with Gasteiger partial charge in [-0.05, 0) is 64.2 Å². The highest BCUT2D eigenvalue weighted by Gasteiger charge is 2.38. The van der Waals surface area contributed by atoms with Gasteiger partial charge in [0.05, 0.1) is 22.8 Å². The molecule has 1 aliphatic heterocycles. The van der Waals surface area contributed by atoms with Gasteiger partial charge in [-0.3, -0.25) is 19.0 Å². The maximum absolute atomic E-state index is 13.7. The van der Waals surface area contributed by atoms with Crippen molar-refractivity contribution in [1.29, 1.82) is 0 Å². The minimum atomic E-state index is -4.70. The molecule has 1 fully saturated rings. The van der Waals surface area contributed by atoms with Crippen LogP contribution in [0.5, 0.6) is 0 Å². The zero-order valence-corrected chi connectivity index (χ0v) is 22.4. The molecule has 2 heterocycles. The fourth-order valence-electron chi connectivity index (χ4n) is 5.13. The lowest BCUT2D eigenvalue weighted by Crippen LogP contribution is -2.47. The van der Waals surface area contributed by atoms with Crippen LogP contribution in [0.3, 0.4) is 0 Å². The molecule has 1 atom stereocenters. The molecule has 0 saturated heterocycles. The number of nitrogens with zero attached hydrogens (tertiary/aromatic N) is 3. The Labute approximate surface area is 223 Å². The maximum Gasteiger partial charge on any atom is 0.417 e. The van der Waals surface area contributed by atoms with E-state index in [1.807, 2.05) is 13.8 Å². The minimum Gasteiger partial charge on any atom is -0.359 e. The van der Waals surface area contributed by atoms with Gasteiger partial charge in [0.15, 0.2) is 0 Å². The fraction of sp³-hybridized carbons (Fsp3) is 0.538. The third kappa shape index (κ3) is 5.52. The number of halogens is 4. The molecule has 1 saturated carbocycles. The molecule has 0 radical (unpaired) electrons. The Morgan fingerprint density at radius 2 is 1.92 bits per heavy atom. The maximum atomic E-state index is 13.7. The summed E-state index contributed by atoms with van der Waals surface area (Å²) in [5.74, 6) is -0.0556. The van der Waals surface area contributed by atoms with Gasteiger partial charge in [0.25, 0.3) is 11.5 Å². The molecule has 2 aromatic rings. The third-order valence-corrected chi connectivity index (χ3v) is 7.50. The largest absolute Gasteiger partial charge is 0.417 e. The van der Waals surface area contributed by atoms with Crippen LogP contribution in [0.4, 0.5) is 19.1 Å². The number of alkyl halides is 3. The summed E-state index contributed by atoms with van der Waals surface area (Å²) in [5.41, 5.74) is -0.478. The second-order valence-corrected chi connectivity index (χ2v) is 10.8. The third-order valence-electron chi connectivity index (χ3n) is 7.17. The predicted molar refractivity (Wildman–Crippen MR) is 137 cm³/mol. The average Bonchev–Trinajstić information content (AvgIpc) is 2.81. The van der Waals surface area contributed by atoms with E-state index in [9.17, 15) is 27.6 Å². The summed E-state index contributed by atoms with van der Waals surface area (Å²) in [6.07, 6.45) is -2.71. The lowest BCUT2D eigenvalue weighted by Gasteiger charge is -2.39. The first-order valence-corrected chi connectivity index (χ1v) is 13.0. The number of carbonyl (C=O) groups excluding carboxylic acids is 2. The molecule has 4 rings (SSSR count). The molecule has 2 aliphatic rings. The number of benzene rings is 1. The summed E-state index contributed by atoms with van der Waals surface area (Å²) in [6.45, 7) is 5.59. The summed E-state index contributed by atoms with van der Waals surface area (Å²) >= 11 is 5.72. The average molecular weight is 554 g/mol. The van der Waals surface area contributed by atoms with Crippen molar-refractivity contribution in [2.24, 2.45) is 5.92 Å². The van der Waals surface area contributed by atoms with Crippen LogP contribution in [0.2, 0.25) is 5.02 Å². The van der Waals surface area contributed by atoms with Gasteiger partial charge in [-0.1, -0.05) is 11.6 Å². The predicted octanol–water partition coefficient (Wildman–Crippen LogP) is 4.41. The highest BCUT2D eigenvalue weighted by molar-refractivity contribution is 6.31. The molecule has 38 heavy (non-hydrogen) atoms. The Kier molecular flexibility index (Phi) is 7.79. The quantitative estimate of drug-likeness (QED) is 0.552. The Morgan fingerprint density at radius 1 is 1.24 bits per heavy atom. The monoisotopic (exact) mass is 553 g/mol. The summed E-state index contributed by atoms with van der Waals surface area (Å²) in [6, 6.07) is 2.54. The van der Waals surface area contributed by atoms with Gasteiger partial charge in [0, 0.05) is 42.7 Å². The lowest BCUT2D eigenvalue weighted by molar-refractivity contribution is -0.137. The second kappa shape index (κ2) is 10.6. The van der Waals surface area contributed by atoms with Crippen molar-refractivity contribution in [3.8, 4) is 0 Å². The Balaban J connectivity index is 1.64. The zero-order valence-electron chi connectivity index (χ0n) is 21.7. The van der Waals surface area contributed by atoms with Crippen LogP contribution < -0.4 is 16.2 Å². The van der Waals surface area contributed by atoms with Crippen LogP contribution >= 0.6 is 11.6 Å². The summed E-state index contributed by atoms with van der Waals surface area (Å²) < 4.78 is 41.7. The van der Waals surface area contributed by atoms with E-state index in [0.29, 0.717) is 36.5 Å². The van der Waals surface area contributed by atoms with Gasteiger partial charge in [0.2, 0.25) is 11.9 Å². The van der Waals surface area contributed by atoms with Gasteiger partial charge >= 0.3 is 6.18 Å². The number of amides is 2. The first-order chi connectivity index (χ1) is 17.8. The molecule has 0 unspecified atom stereocenters. The number of hydrogen-bond donors (Lipinski definition) is 2. The molecule has 12 heteroatoms. The van der Waals surface area contributed by atoms with E-state index >= 15 is 0 Å². The number of fused-ring (bicyclic) bond motifs is 1. The molecule has 2 N–H and O–H groups in total. The zero-order chi connectivity index (χ0) is 27.9. The highest BCUT2D eigenvalue weighted by atomic mass is 35.5. The molecule has 1 aliphatic carbocycles. The van der Waals surface area contributed by atoms with Crippen molar-refractivity contribution in [3.05, 3.63) is 56.0 Å². The van der Waals surface area contributed by atoms with Gasteiger partial charge < -0.3 is 15.5 Å². The van der Waals surface area contributed by atoms with E-state index in [4.69, 9.17) is 16.6 Å². The van der Waals surface area contributed by atoms with Crippen LogP contribution in [0.25, 0.3) is 0 Å². The van der Waals surface area contributed by atoms with Crippen LogP contribution in [0, 0.1) is 5.92 Å². The molecular weight excluding hydrogens is 523 g/mol. The van der Waals surface area contributed by atoms with Crippen LogP contribution in [-0.2, 0) is 23.9 Å². The highest BCUT2D eigenvalue weighted by Crippen LogP contribution is 2.41. The SMILES string of the molecule is CNC(=O)C[C@H]1C[C@@H](n2c(NC(C)C)nc3c(c2=O)C[C@@H](C)N(C(=O)c2ccc(Cl)c(C(F)(F)F)c2)C3)C1. The molecule has 0 spiro atoms. The second-order valence-electron chi connectivity index (χ2n) is 10.4. The van der Waals surface area contributed by atoms with Crippen molar-refractivity contribution in [2.45, 2.75) is 77.3 Å². The Bertz CT molecular complexity index is 1300. The standard InChI is InChI=1S/C26H31ClF3N5O3/c1-13(2)32-25-33-21-12-34(23(37)16-5-6-20(27)19(11-16)26(28,29)30)14(3)7-18(21)24(38)35(25)17-8-15(9-17)10-22(36)31-4/h5-6,11,13-15,17H,7-10,12H2,1-4H3,(H,31,36)(H,32,33)/t14-,15-,17+/m1/s1. The van der Waals surface area contributed by atoms with Crippen molar-refractivity contribution < 1.29 is 22.8 Å². The van der Waals surface area contributed by atoms with E-state index in [-0.39, 0.29) is 48.0 Å². The molecule has 0 bridgehead atoms.